The maximum Gasteiger partial charge on any atom is 0.234 e. The van der Waals surface area contributed by atoms with Crippen molar-refractivity contribution in [2.24, 2.45) is 0 Å². The highest BCUT2D eigenvalue weighted by molar-refractivity contribution is 8.00. The van der Waals surface area contributed by atoms with Gasteiger partial charge in [-0.1, -0.05) is 71.4 Å². The maximum absolute atomic E-state index is 12.4. The summed E-state index contributed by atoms with van der Waals surface area (Å²) in [5.74, 6) is -0.458. The fourth-order valence-electron chi connectivity index (χ4n) is 2.72. The lowest BCUT2D eigenvalue weighted by molar-refractivity contribution is -0.113. The lowest BCUT2D eigenvalue weighted by Gasteiger charge is -2.13. The van der Waals surface area contributed by atoms with Crippen LogP contribution < -0.4 is 11.1 Å². The largest absolute Gasteiger partial charge is 0.383 e. The first kappa shape index (κ1) is 21.5. The van der Waals surface area contributed by atoms with Crippen LogP contribution in [0.15, 0.2) is 53.6 Å². The van der Waals surface area contributed by atoms with Gasteiger partial charge in [0.05, 0.1) is 27.0 Å². The second-order valence-corrected chi connectivity index (χ2v) is 7.73. The van der Waals surface area contributed by atoms with Gasteiger partial charge >= 0.3 is 0 Å². The van der Waals surface area contributed by atoms with Crippen molar-refractivity contribution in [1.82, 2.24) is 4.98 Å². The first-order valence-corrected chi connectivity index (χ1v) is 10.3. The van der Waals surface area contributed by atoms with Crippen LogP contribution in [0.2, 0.25) is 10.0 Å². The lowest BCUT2D eigenvalue weighted by Crippen LogP contribution is -2.15. The number of nitrogens with zero attached hydrogens (tertiary/aromatic N) is 3. The Hall–Kier alpha value is -3.23. The molecular weight excluding hydrogens is 441 g/mol. The predicted molar refractivity (Wildman–Crippen MR) is 119 cm³/mol. The molecule has 0 spiro atoms. The number of carbonyl (C=O) groups is 1. The van der Waals surface area contributed by atoms with Crippen LogP contribution in [-0.4, -0.2) is 16.6 Å². The Bertz CT molecular complexity index is 1180. The number of nitrogens with one attached hydrogen (secondary N) is 1. The second-order valence-electron chi connectivity index (χ2n) is 5.95. The second kappa shape index (κ2) is 9.51. The Labute approximate surface area is 187 Å². The van der Waals surface area contributed by atoms with Gasteiger partial charge in [0.1, 0.15) is 28.5 Å². The molecule has 0 unspecified atom stereocenters. The van der Waals surface area contributed by atoms with Crippen molar-refractivity contribution in [3.63, 3.8) is 0 Å². The molecule has 0 aliphatic carbocycles. The highest BCUT2D eigenvalue weighted by Crippen LogP contribution is 2.36. The van der Waals surface area contributed by atoms with Gasteiger partial charge in [0.15, 0.2) is 0 Å². The zero-order valence-electron chi connectivity index (χ0n) is 15.3. The summed E-state index contributed by atoms with van der Waals surface area (Å²) in [6, 6.07) is 18.0. The molecule has 2 aromatic carbocycles. The molecule has 0 bridgehead atoms. The van der Waals surface area contributed by atoms with Gasteiger partial charge in [-0.3, -0.25) is 4.79 Å². The van der Waals surface area contributed by atoms with Crippen molar-refractivity contribution >= 4 is 52.4 Å². The van der Waals surface area contributed by atoms with Crippen LogP contribution in [0.1, 0.15) is 11.1 Å². The van der Waals surface area contributed by atoms with E-state index in [9.17, 15) is 15.3 Å². The number of nitrogen functional groups attached to an aromatic ring is 1. The van der Waals surface area contributed by atoms with E-state index >= 15 is 0 Å². The van der Waals surface area contributed by atoms with Crippen molar-refractivity contribution in [2.45, 2.75) is 5.03 Å². The van der Waals surface area contributed by atoms with E-state index < -0.39 is 0 Å². The highest BCUT2D eigenvalue weighted by Gasteiger charge is 2.21. The minimum atomic E-state index is -0.384. The molecule has 3 rings (SSSR count). The number of amides is 1. The predicted octanol–water partition coefficient (Wildman–Crippen LogP) is 5.11. The van der Waals surface area contributed by atoms with E-state index in [-0.39, 0.29) is 33.6 Å². The summed E-state index contributed by atoms with van der Waals surface area (Å²) in [7, 11) is 0. The summed E-state index contributed by atoms with van der Waals surface area (Å²) in [5, 5.41) is 22.8. The Balaban J connectivity index is 1.92. The molecule has 3 N–H and O–H groups in total. The summed E-state index contributed by atoms with van der Waals surface area (Å²) in [4.78, 5) is 16.6. The summed E-state index contributed by atoms with van der Waals surface area (Å²) in [6.45, 7) is 0. The Morgan fingerprint density at radius 2 is 1.67 bits per heavy atom. The van der Waals surface area contributed by atoms with Crippen LogP contribution in [0.25, 0.3) is 11.1 Å². The van der Waals surface area contributed by atoms with Crippen LogP contribution in [-0.2, 0) is 4.79 Å². The van der Waals surface area contributed by atoms with Crippen molar-refractivity contribution in [1.29, 1.82) is 10.5 Å². The SMILES string of the molecule is N#Cc1c(N)nc(SCC(=O)Nc2c(Cl)cccc2Cl)c(C#N)c1-c1ccccc1. The van der Waals surface area contributed by atoms with Gasteiger partial charge in [-0.15, -0.1) is 0 Å². The average Bonchev–Trinajstić information content (AvgIpc) is 2.75. The minimum Gasteiger partial charge on any atom is -0.383 e. The molecule has 6 nitrogen and oxygen atoms in total. The van der Waals surface area contributed by atoms with Gasteiger partial charge in [0.25, 0.3) is 0 Å². The lowest BCUT2D eigenvalue weighted by atomic mass is 9.97. The third kappa shape index (κ3) is 4.50. The fraction of sp³-hybridized carbons (Fsp3) is 0.0476. The van der Waals surface area contributed by atoms with Crippen LogP contribution in [0.3, 0.4) is 0 Å². The van der Waals surface area contributed by atoms with E-state index in [2.05, 4.69) is 16.4 Å². The van der Waals surface area contributed by atoms with Crippen LogP contribution >= 0.6 is 35.0 Å². The Morgan fingerprint density at radius 3 is 2.27 bits per heavy atom. The number of rotatable bonds is 5. The fourth-order valence-corrected chi connectivity index (χ4v) is 4.01. The van der Waals surface area contributed by atoms with E-state index in [1.165, 1.54) is 0 Å². The Kier molecular flexibility index (Phi) is 6.81. The third-order valence-electron chi connectivity index (χ3n) is 4.05. The molecule has 9 heteroatoms. The molecular formula is C21H13Cl2N5OS. The normalized spacial score (nSPS) is 10.1. The standard InChI is InChI=1S/C21H13Cl2N5OS/c22-15-7-4-8-16(23)19(15)27-17(29)11-30-21-14(10-25)18(12-5-2-1-3-6-12)13(9-24)20(26)28-21/h1-8H,11H2,(H2,26,28)(H,27,29). The van der Waals surface area contributed by atoms with Gasteiger partial charge in [-0.05, 0) is 17.7 Å². The number of pyridine rings is 1. The summed E-state index contributed by atoms with van der Waals surface area (Å²) >= 11 is 13.2. The molecule has 0 saturated carbocycles. The number of halogens is 2. The van der Waals surface area contributed by atoms with Crippen molar-refractivity contribution in [3.05, 3.63) is 69.7 Å². The number of benzene rings is 2. The number of thioether (sulfide) groups is 1. The Morgan fingerprint density at radius 1 is 1.03 bits per heavy atom. The molecule has 1 amide bonds. The average molecular weight is 454 g/mol. The van der Waals surface area contributed by atoms with Crippen LogP contribution in [0.5, 0.6) is 0 Å². The van der Waals surface area contributed by atoms with Crippen molar-refractivity contribution in [2.75, 3.05) is 16.8 Å². The van der Waals surface area contributed by atoms with Gasteiger partial charge < -0.3 is 11.1 Å². The van der Waals surface area contributed by atoms with E-state index in [1.807, 2.05) is 12.1 Å². The smallest absolute Gasteiger partial charge is 0.234 e. The molecule has 3 aromatic rings. The molecule has 0 atom stereocenters. The van der Waals surface area contributed by atoms with Gasteiger partial charge in [-0.2, -0.15) is 10.5 Å². The number of carbonyl (C=O) groups excluding carboxylic acids is 1. The van der Waals surface area contributed by atoms with Crippen molar-refractivity contribution < 1.29 is 4.79 Å². The molecule has 0 radical (unpaired) electrons. The quantitative estimate of drug-likeness (QED) is 0.518. The van der Waals surface area contributed by atoms with E-state index in [4.69, 9.17) is 28.9 Å². The van der Waals surface area contributed by atoms with E-state index in [0.29, 0.717) is 26.9 Å². The molecule has 0 aliphatic heterocycles. The maximum atomic E-state index is 12.4. The number of nitrogens with two attached hydrogens (primary N) is 1. The molecule has 1 heterocycles. The number of hydrogen-bond acceptors (Lipinski definition) is 6. The molecule has 0 saturated heterocycles. The number of anilines is 2. The number of hydrogen-bond donors (Lipinski definition) is 2. The monoisotopic (exact) mass is 453 g/mol. The van der Waals surface area contributed by atoms with Crippen LogP contribution in [0.4, 0.5) is 11.5 Å². The van der Waals surface area contributed by atoms with Gasteiger partial charge in [0.2, 0.25) is 5.91 Å². The van der Waals surface area contributed by atoms with Gasteiger partial charge in [-0.25, -0.2) is 4.98 Å². The number of nitriles is 2. The topological polar surface area (TPSA) is 116 Å². The van der Waals surface area contributed by atoms with Crippen LogP contribution in [0, 0.1) is 22.7 Å². The molecule has 1 aromatic heterocycles. The summed E-state index contributed by atoms with van der Waals surface area (Å²) in [6.07, 6.45) is 0. The number of aromatic nitrogens is 1. The molecule has 0 aliphatic rings. The molecule has 148 valence electrons. The number of para-hydroxylation sites is 1. The first-order valence-electron chi connectivity index (χ1n) is 8.52. The van der Waals surface area contributed by atoms with E-state index in [0.717, 1.165) is 11.8 Å². The van der Waals surface area contributed by atoms with E-state index in [1.54, 1.807) is 42.5 Å². The summed E-state index contributed by atoms with van der Waals surface area (Å²) < 4.78 is 0. The minimum absolute atomic E-state index is 0.00703. The zero-order chi connectivity index (χ0) is 21.7. The molecule has 0 fully saturated rings. The third-order valence-corrected chi connectivity index (χ3v) is 5.65. The van der Waals surface area contributed by atoms with Crippen molar-refractivity contribution in [3.8, 4) is 23.3 Å². The van der Waals surface area contributed by atoms with Gasteiger partial charge in [0, 0.05) is 5.56 Å². The first-order chi connectivity index (χ1) is 14.5. The highest BCUT2D eigenvalue weighted by atomic mass is 35.5. The zero-order valence-corrected chi connectivity index (χ0v) is 17.6. The summed E-state index contributed by atoms with van der Waals surface area (Å²) in [5.41, 5.74) is 7.64. The molecule has 30 heavy (non-hydrogen) atoms.